The fourth-order valence-corrected chi connectivity index (χ4v) is 3.02. The van der Waals surface area contributed by atoms with Gasteiger partial charge in [0.1, 0.15) is 5.69 Å². The van der Waals surface area contributed by atoms with Gasteiger partial charge in [0, 0.05) is 11.5 Å². The van der Waals surface area contributed by atoms with Crippen molar-refractivity contribution in [3.8, 4) is 0 Å². The van der Waals surface area contributed by atoms with Gasteiger partial charge in [-0.15, -0.1) is 0 Å². The lowest BCUT2D eigenvalue weighted by Gasteiger charge is -2.11. The Hall–Kier alpha value is -1.89. The first-order valence-electron chi connectivity index (χ1n) is 5.30. The summed E-state index contributed by atoms with van der Waals surface area (Å²) in [5, 5.41) is 14.9. The molecule has 0 saturated heterocycles. The quantitative estimate of drug-likeness (QED) is 0.664. The van der Waals surface area contributed by atoms with E-state index >= 15 is 0 Å². The molecule has 0 aliphatic carbocycles. The molecule has 1 heterocycles. The van der Waals surface area contributed by atoms with E-state index in [2.05, 4.69) is 5.32 Å². The normalized spacial score (nSPS) is 20.8. The van der Waals surface area contributed by atoms with E-state index < -0.39 is 20.8 Å². The van der Waals surface area contributed by atoms with Gasteiger partial charge in [0.05, 0.1) is 16.7 Å². The van der Waals surface area contributed by atoms with E-state index in [0.29, 0.717) is 5.69 Å². The molecule has 96 valence electrons. The van der Waals surface area contributed by atoms with Crippen LogP contribution >= 0.6 is 0 Å². The second-order valence-corrected chi connectivity index (χ2v) is 6.12. The fraction of sp³-hybridized carbons (Fsp3) is 0.273. The summed E-state index contributed by atoms with van der Waals surface area (Å²) in [5.74, 6) is -0.0714. The van der Waals surface area contributed by atoms with Crippen molar-refractivity contribution in [1.29, 1.82) is 0 Å². The molecular weight excluding hydrogens is 256 g/mol. The first-order chi connectivity index (χ1) is 8.37. The molecule has 1 atom stereocenters. The van der Waals surface area contributed by atoms with E-state index in [1.807, 2.05) is 0 Å². The summed E-state index contributed by atoms with van der Waals surface area (Å²) < 4.78 is 22.5. The molecule has 0 aromatic heterocycles. The zero-order valence-electron chi connectivity index (χ0n) is 9.66. The summed E-state index contributed by atoms with van der Waals surface area (Å²) in [7, 11) is -3.17. The summed E-state index contributed by atoms with van der Waals surface area (Å²) >= 11 is 0. The van der Waals surface area contributed by atoms with Gasteiger partial charge in [0.15, 0.2) is 9.84 Å². The lowest BCUT2D eigenvalue weighted by Crippen LogP contribution is -2.21. The second kappa shape index (κ2) is 4.41. The van der Waals surface area contributed by atoms with Crippen molar-refractivity contribution in [3.05, 3.63) is 45.4 Å². The molecule has 7 heteroatoms. The zero-order chi connectivity index (χ0) is 13.3. The summed E-state index contributed by atoms with van der Waals surface area (Å²) in [6.45, 7) is 1.76. The van der Waals surface area contributed by atoms with Crippen LogP contribution in [0.25, 0.3) is 0 Å². The predicted octanol–water partition coefficient (Wildman–Crippen LogP) is 1.63. The summed E-state index contributed by atoms with van der Waals surface area (Å²) in [6.07, 6.45) is 1.50. The number of anilines is 1. The molecule has 18 heavy (non-hydrogen) atoms. The zero-order valence-corrected chi connectivity index (χ0v) is 10.5. The highest BCUT2D eigenvalue weighted by Gasteiger charge is 2.24. The van der Waals surface area contributed by atoms with Gasteiger partial charge in [-0.3, -0.25) is 10.1 Å². The molecular formula is C11H12N2O4S. The van der Waals surface area contributed by atoms with Crippen molar-refractivity contribution >= 4 is 21.2 Å². The van der Waals surface area contributed by atoms with Gasteiger partial charge in [-0.1, -0.05) is 12.1 Å². The molecule has 0 radical (unpaired) electrons. The highest BCUT2D eigenvalue weighted by molar-refractivity contribution is 7.94. The van der Waals surface area contributed by atoms with Gasteiger partial charge in [0.2, 0.25) is 0 Å². The molecule has 6 nitrogen and oxygen atoms in total. The van der Waals surface area contributed by atoms with Crippen molar-refractivity contribution in [2.24, 2.45) is 0 Å². The minimum absolute atomic E-state index is 0.0484. The minimum Gasteiger partial charge on any atom is -0.372 e. The van der Waals surface area contributed by atoms with E-state index in [0.717, 1.165) is 11.0 Å². The number of nitro benzene ring substituents is 1. The van der Waals surface area contributed by atoms with Crippen LogP contribution in [-0.4, -0.2) is 25.1 Å². The van der Waals surface area contributed by atoms with Crippen molar-refractivity contribution < 1.29 is 13.3 Å². The Kier molecular flexibility index (Phi) is 3.08. The van der Waals surface area contributed by atoms with Gasteiger partial charge in [-0.2, -0.15) is 0 Å². The number of aryl methyl sites for hydroxylation is 1. The predicted molar refractivity (Wildman–Crippen MR) is 68.2 cm³/mol. The molecule has 1 unspecified atom stereocenters. The molecule has 1 aromatic rings. The van der Waals surface area contributed by atoms with Crippen molar-refractivity contribution in [1.82, 2.24) is 0 Å². The first-order valence-corrected chi connectivity index (χ1v) is 7.01. The molecule has 0 spiro atoms. The van der Waals surface area contributed by atoms with Crippen molar-refractivity contribution in [2.45, 2.75) is 13.0 Å². The maximum atomic E-state index is 11.2. The van der Waals surface area contributed by atoms with Crippen LogP contribution in [0.1, 0.15) is 5.56 Å². The molecule has 1 aromatic carbocycles. The first kappa shape index (κ1) is 12.6. The molecule has 2 rings (SSSR count). The SMILES string of the molecule is Cc1ccc(NC2C=CS(=O)(=O)C2)c([N+](=O)[O-])c1. The molecule has 0 saturated carbocycles. The topological polar surface area (TPSA) is 89.3 Å². The van der Waals surface area contributed by atoms with Gasteiger partial charge in [-0.05, 0) is 18.6 Å². The van der Waals surface area contributed by atoms with E-state index in [9.17, 15) is 18.5 Å². The van der Waals surface area contributed by atoms with Crippen LogP contribution in [0.4, 0.5) is 11.4 Å². The van der Waals surface area contributed by atoms with Gasteiger partial charge < -0.3 is 5.32 Å². The van der Waals surface area contributed by atoms with Crippen molar-refractivity contribution in [2.75, 3.05) is 11.1 Å². The third kappa shape index (κ3) is 2.67. The van der Waals surface area contributed by atoms with Crippen molar-refractivity contribution in [3.63, 3.8) is 0 Å². The Balaban J connectivity index is 2.25. The number of rotatable bonds is 3. The smallest absolute Gasteiger partial charge is 0.292 e. The lowest BCUT2D eigenvalue weighted by atomic mass is 10.2. The largest absolute Gasteiger partial charge is 0.372 e. The van der Waals surface area contributed by atoms with Crippen LogP contribution in [0, 0.1) is 17.0 Å². The number of nitrogens with one attached hydrogen (secondary N) is 1. The highest BCUT2D eigenvalue weighted by atomic mass is 32.2. The number of hydrogen-bond donors (Lipinski definition) is 1. The number of nitro groups is 1. The Morgan fingerprint density at radius 3 is 2.72 bits per heavy atom. The van der Waals surface area contributed by atoms with E-state index in [1.54, 1.807) is 19.1 Å². The Morgan fingerprint density at radius 2 is 2.17 bits per heavy atom. The van der Waals surface area contributed by atoms with E-state index in [1.165, 1.54) is 12.1 Å². The molecule has 1 aliphatic heterocycles. The fourth-order valence-electron chi connectivity index (χ4n) is 1.78. The third-order valence-corrected chi connectivity index (χ3v) is 4.02. The Labute approximate surface area is 104 Å². The number of nitrogens with zero attached hydrogens (tertiary/aromatic N) is 1. The molecule has 0 bridgehead atoms. The van der Waals surface area contributed by atoms with E-state index in [4.69, 9.17) is 0 Å². The van der Waals surface area contributed by atoms with Gasteiger partial charge in [0.25, 0.3) is 5.69 Å². The third-order valence-electron chi connectivity index (χ3n) is 2.62. The summed E-state index contributed by atoms with van der Waals surface area (Å²) in [4.78, 5) is 10.4. The maximum Gasteiger partial charge on any atom is 0.292 e. The highest BCUT2D eigenvalue weighted by Crippen LogP contribution is 2.27. The van der Waals surface area contributed by atoms with E-state index in [-0.39, 0.29) is 11.4 Å². The van der Waals surface area contributed by atoms with Crippen LogP contribution in [0.3, 0.4) is 0 Å². The molecule has 0 amide bonds. The van der Waals surface area contributed by atoms with Crippen LogP contribution in [0.5, 0.6) is 0 Å². The number of hydrogen-bond acceptors (Lipinski definition) is 5. The lowest BCUT2D eigenvalue weighted by molar-refractivity contribution is -0.384. The van der Waals surface area contributed by atoms with Gasteiger partial charge >= 0.3 is 0 Å². The Bertz CT molecular complexity index is 622. The second-order valence-electron chi connectivity index (χ2n) is 4.19. The standard InChI is InChI=1S/C11H12N2O4S/c1-8-2-3-10(11(6-8)13(14)15)12-9-4-5-18(16,17)7-9/h2-6,9,12H,7H2,1H3. The number of sulfone groups is 1. The van der Waals surface area contributed by atoms with Crippen LogP contribution in [0.15, 0.2) is 29.7 Å². The summed E-state index contributed by atoms with van der Waals surface area (Å²) in [5.41, 5.74) is 1.06. The number of benzene rings is 1. The van der Waals surface area contributed by atoms with Crippen LogP contribution < -0.4 is 5.32 Å². The van der Waals surface area contributed by atoms with Crippen LogP contribution in [-0.2, 0) is 9.84 Å². The summed E-state index contributed by atoms with van der Waals surface area (Å²) in [6, 6.07) is 4.36. The average molecular weight is 268 g/mol. The maximum absolute atomic E-state index is 11.2. The molecule has 1 N–H and O–H groups in total. The monoisotopic (exact) mass is 268 g/mol. The molecule has 1 aliphatic rings. The van der Waals surface area contributed by atoms with Crippen LogP contribution in [0.2, 0.25) is 0 Å². The molecule has 0 fully saturated rings. The average Bonchev–Trinajstić information content (AvgIpc) is 2.60. The van der Waals surface area contributed by atoms with Gasteiger partial charge in [-0.25, -0.2) is 8.42 Å². The Morgan fingerprint density at radius 1 is 1.44 bits per heavy atom. The minimum atomic E-state index is -3.17.